The lowest BCUT2D eigenvalue weighted by Gasteiger charge is -2.05. The number of nitrogens with zero attached hydrogens (tertiary/aromatic N) is 2. The number of carbonyl (C=O) groups is 1. The Morgan fingerprint density at radius 2 is 1.90 bits per heavy atom. The maximum Gasteiger partial charge on any atom is 0.339 e. The SMILES string of the molecule is CCOC(=O)c1cnc2cc(-c3ccncc3)ccc2c1. The Kier molecular flexibility index (Phi) is 3.60. The minimum Gasteiger partial charge on any atom is -0.462 e. The first-order valence-corrected chi connectivity index (χ1v) is 6.75. The molecule has 0 saturated heterocycles. The van der Waals surface area contributed by atoms with Crippen LogP contribution in [0.2, 0.25) is 0 Å². The second-order valence-corrected chi connectivity index (χ2v) is 4.59. The van der Waals surface area contributed by atoms with Crippen LogP contribution in [0.3, 0.4) is 0 Å². The molecule has 0 amide bonds. The van der Waals surface area contributed by atoms with Gasteiger partial charge in [-0.25, -0.2) is 4.79 Å². The summed E-state index contributed by atoms with van der Waals surface area (Å²) < 4.78 is 4.98. The van der Waals surface area contributed by atoms with Crippen molar-refractivity contribution in [3.05, 3.63) is 60.6 Å². The van der Waals surface area contributed by atoms with Crippen LogP contribution < -0.4 is 0 Å². The molecule has 0 N–H and O–H groups in total. The number of benzene rings is 1. The van der Waals surface area contributed by atoms with Gasteiger partial charge in [0.25, 0.3) is 0 Å². The first-order valence-electron chi connectivity index (χ1n) is 6.75. The van der Waals surface area contributed by atoms with Crippen molar-refractivity contribution < 1.29 is 9.53 Å². The van der Waals surface area contributed by atoms with Crippen molar-refractivity contribution >= 4 is 16.9 Å². The molecule has 0 saturated carbocycles. The minimum atomic E-state index is -0.342. The van der Waals surface area contributed by atoms with Crippen LogP contribution in [0.4, 0.5) is 0 Å². The fourth-order valence-electron chi connectivity index (χ4n) is 2.17. The molecule has 3 rings (SSSR count). The van der Waals surface area contributed by atoms with Gasteiger partial charge in [0.05, 0.1) is 17.7 Å². The van der Waals surface area contributed by atoms with E-state index in [9.17, 15) is 4.79 Å². The average molecular weight is 278 g/mol. The number of hydrogen-bond donors (Lipinski definition) is 0. The summed E-state index contributed by atoms with van der Waals surface area (Å²) in [6.07, 6.45) is 5.07. The van der Waals surface area contributed by atoms with Crippen LogP contribution in [0.5, 0.6) is 0 Å². The van der Waals surface area contributed by atoms with Crippen molar-refractivity contribution in [2.24, 2.45) is 0 Å². The predicted molar refractivity (Wildman–Crippen MR) is 80.9 cm³/mol. The van der Waals surface area contributed by atoms with Gasteiger partial charge in [-0.1, -0.05) is 12.1 Å². The number of hydrogen-bond acceptors (Lipinski definition) is 4. The molecule has 0 aliphatic heterocycles. The fraction of sp³-hybridized carbons (Fsp3) is 0.118. The van der Waals surface area contributed by atoms with Crippen molar-refractivity contribution in [3.63, 3.8) is 0 Å². The molecule has 0 aliphatic carbocycles. The number of esters is 1. The highest BCUT2D eigenvalue weighted by molar-refractivity contribution is 5.94. The summed E-state index contributed by atoms with van der Waals surface area (Å²) in [5.74, 6) is -0.342. The number of pyridine rings is 2. The van der Waals surface area contributed by atoms with E-state index >= 15 is 0 Å². The quantitative estimate of drug-likeness (QED) is 0.688. The highest BCUT2D eigenvalue weighted by atomic mass is 16.5. The van der Waals surface area contributed by atoms with Crippen molar-refractivity contribution in [1.29, 1.82) is 0 Å². The Bertz CT molecular complexity index is 785. The van der Waals surface area contributed by atoms with Crippen LogP contribution >= 0.6 is 0 Å². The van der Waals surface area contributed by atoms with Gasteiger partial charge < -0.3 is 4.74 Å². The van der Waals surface area contributed by atoms with Crippen molar-refractivity contribution in [1.82, 2.24) is 9.97 Å². The monoisotopic (exact) mass is 278 g/mol. The lowest BCUT2D eigenvalue weighted by Crippen LogP contribution is -2.04. The van der Waals surface area contributed by atoms with E-state index in [1.165, 1.54) is 0 Å². The maximum absolute atomic E-state index is 11.7. The molecule has 0 spiro atoms. The Morgan fingerprint density at radius 1 is 1.10 bits per heavy atom. The van der Waals surface area contributed by atoms with E-state index < -0.39 is 0 Å². The van der Waals surface area contributed by atoms with E-state index in [1.54, 1.807) is 31.6 Å². The molecule has 0 bridgehead atoms. The van der Waals surface area contributed by atoms with Gasteiger partial charge in [0.1, 0.15) is 0 Å². The highest BCUT2D eigenvalue weighted by Crippen LogP contribution is 2.23. The third kappa shape index (κ3) is 2.74. The molecular formula is C17H14N2O2. The summed E-state index contributed by atoms with van der Waals surface area (Å²) in [5, 5.41) is 0.915. The Hall–Kier alpha value is -2.75. The van der Waals surface area contributed by atoms with E-state index in [0.717, 1.165) is 22.0 Å². The Balaban J connectivity index is 2.01. The largest absolute Gasteiger partial charge is 0.462 e. The van der Waals surface area contributed by atoms with Crippen LogP contribution in [-0.2, 0) is 4.74 Å². The summed E-state index contributed by atoms with van der Waals surface area (Å²) >= 11 is 0. The van der Waals surface area contributed by atoms with E-state index in [1.807, 2.05) is 30.3 Å². The molecular weight excluding hydrogens is 264 g/mol. The molecule has 0 aliphatic rings. The second kappa shape index (κ2) is 5.71. The molecule has 0 unspecified atom stereocenters. The number of fused-ring (bicyclic) bond motifs is 1. The van der Waals surface area contributed by atoms with E-state index in [-0.39, 0.29) is 5.97 Å². The van der Waals surface area contributed by atoms with Crippen molar-refractivity contribution in [2.45, 2.75) is 6.92 Å². The first kappa shape index (κ1) is 13.2. The summed E-state index contributed by atoms with van der Waals surface area (Å²) in [5.41, 5.74) is 3.47. The standard InChI is InChI=1S/C17H14N2O2/c1-2-21-17(20)15-9-14-4-3-13(10-16(14)19-11-15)12-5-7-18-8-6-12/h3-11H,2H2,1H3. The highest BCUT2D eigenvalue weighted by Gasteiger charge is 2.08. The van der Waals surface area contributed by atoms with Crippen LogP contribution in [0.15, 0.2) is 55.0 Å². The lowest BCUT2D eigenvalue weighted by molar-refractivity contribution is 0.0526. The Morgan fingerprint density at radius 3 is 2.67 bits per heavy atom. The molecule has 2 aromatic heterocycles. The molecule has 0 atom stereocenters. The van der Waals surface area contributed by atoms with Gasteiger partial charge >= 0.3 is 5.97 Å². The van der Waals surface area contributed by atoms with E-state index in [2.05, 4.69) is 9.97 Å². The number of ether oxygens (including phenoxy) is 1. The van der Waals surface area contributed by atoms with Gasteiger partial charge in [-0.05, 0) is 42.3 Å². The van der Waals surface area contributed by atoms with Crippen LogP contribution in [0.1, 0.15) is 17.3 Å². The molecule has 2 heterocycles. The predicted octanol–water partition coefficient (Wildman–Crippen LogP) is 3.47. The third-order valence-corrected chi connectivity index (χ3v) is 3.21. The molecule has 4 nitrogen and oxygen atoms in total. The van der Waals surface area contributed by atoms with Gasteiger partial charge in [0, 0.05) is 24.0 Å². The average Bonchev–Trinajstić information content (AvgIpc) is 2.55. The third-order valence-electron chi connectivity index (χ3n) is 3.21. The molecule has 0 radical (unpaired) electrons. The second-order valence-electron chi connectivity index (χ2n) is 4.59. The summed E-state index contributed by atoms with van der Waals surface area (Å²) in [6, 6.07) is 11.7. The normalized spacial score (nSPS) is 10.5. The smallest absolute Gasteiger partial charge is 0.339 e. The zero-order valence-corrected chi connectivity index (χ0v) is 11.6. The molecule has 1 aromatic carbocycles. The first-order chi connectivity index (χ1) is 10.3. The van der Waals surface area contributed by atoms with Gasteiger partial charge in [-0.15, -0.1) is 0 Å². The molecule has 104 valence electrons. The van der Waals surface area contributed by atoms with E-state index in [0.29, 0.717) is 12.2 Å². The molecule has 21 heavy (non-hydrogen) atoms. The molecule has 3 aromatic rings. The zero-order chi connectivity index (χ0) is 14.7. The number of carbonyl (C=O) groups excluding carboxylic acids is 1. The van der Waals surface area contributed by atoms with Gasteiger partial charge in [0.2, 0.25) is 0 Å². The van der Waals surface area contributed by atoms with E-state index in [4.69, 9.17) is 4.74 Å². The maximum atomic E-state index is 11.7. The number of rotatable bonds is 3. The van der Waals surface area contributed by atoms with Crippen LogP contribution in [0, 0.1) is 0 Å². The minimum absolute atomic E-state index is 0.342. The van der Waals surface area contributed by atoms with Crippen LogP contribution in [0.25, 0.3) is 22.0 Å². The molecule has 4 heteroatoms. The summed E-state index contributed by atoms with van der Waals surface area (Å²) in [4.78, 5) is 20.1. The lowest BCUT2D eigenvalue weighted by atomic mass is 10.0. The van der Waals surface area contributed by atoms with Gasteiger partial charge in [-0.2, -0.15) is 0 Å². The van der Waals surface area contributed by atoms with Gasteiger partial charge in [0.15, 0.2) is 0 Å². The summed E-state index contributed by atoms with van der Waals surface area (Å²) in [6.45, 7) is 2.14. The fourth-order valence-corrected chi connectivity index (χ4v) is 2.17. The van der Waals surface area contributed by atoms with Crippen molar-refractivity contribution in [2.75, 3.05) is 6.61 Å². The van der Waals surface area contributed by atoms with Crippen LogP contribution in [-0.4, -0.2) is 22.5 Å². The Labute approximate surface area is 122 Å². The zero-order valence-electron chi connectivity index (χ0n) is 11.6. The van der Waals surface area contributed by atoms with Gasteiger partial charge in [-0.3, -0.25) is 9.97 Å². The summed E-state index contributed by atoms with van der Waals surface area (Å²) in [7, 11) is 0. The molecule has 0 fully saturated rings. The van der Waals surface area contributed by atoms with Crippen molar-refractivity contribution in [3.8, 4) is 11.1 Å². The topological polar surface area (TPSA) is 52.1 Å². The number of aromatic nitrogens is 2.